The summed E-state index contributed by atoms with van der Waals surface area (Å²) >= 11 is 0. The molecule has 0 atom stereocenters. The van der Waals surface area contributed by atoms with Gasteiger partial charge in [-0.2, -0.15) is 8.42 Å². The molecule has 2 heterocycles. The second-order valence-electron chi connectivity index (χ2n) is 4.02. The smallest absolute Gasteiger partial charge is 0.282 e. The van der Waals surface area contributed by atoms with Crippen LogP contribution in [0.25, 0.3) is 0 Å². The fraction of sp³-hybridized carbons (Fsp3) is 0.231. The summed E-state index contributed by atoms with van der Waals surface area (Å²) in [6.07, 6.45) is 2.89. The third-order valence-corrected chi connectivity index (χ3v) is 3.77. The first kappa shape index (κ1) is 15.0. The maximum Gasteiger partial charge on any atom is 0.282 e. The lowest BCUT2D eigenvalue weighted by Gasteiger charge is -2.04. The third kappa shape index (κ3) is 3.81. The minimum absolute atomic E-state index is 0.0713. The van der Waals surface area contributed by atoms with Crippen molar-refractivity contribution < 1.29 is 13.5 Å². The summed E-state index contributed by atoms with van der Waals surface area (Å²) in [5.74, 6) is 5.20. The highest BCUT2D eigenvalue weighted by atomic mass is 32.2. The molecule has 2 aromatic rings. The molecule has 8 heteroatoms. The molecule has 0 aliphatic heterocycles. The molecule has 2 N–H and O–H groups in total. The minimum Gasteiger partial charge on any atom is -0.384 e. The molecule has 7 nitrogen and oxygen atoms in total. The minimum atomic E-state index is -3.78. The summed E-state index contributed by atoms with van der Waals surface area (Å²) in [7, 11) is -3.78. The highest BCUT2D eigenvalue weighted by molar-refractivity contribution is 7.92. The van der Waals surface area contributed by atoms with E-state index in [0.29, 0.717) is 12.2 Å². The zero-order valence-corrected chi connectivity index (χ0v) is 12.1. The SMILES string of the molecule is CCn1cnc(S(=O)(=O)Nc2cccc(C#CCO)n2)c1. The lowest BCUT2D eigenvalue weighted by atomic mass is 10.3. The van der Waals surface area contributed by atoms with Gasteiger partial charge in [-0.05, 0) is 25.0 Å². The van der Waals surface area contributed by atoms with Crippen LogP contribution >= 0.6 is 0 Å². The Morgan fingerprint density at radius 2 is 2.24 bits per heavy atom. The average Bonchev–Trinajstić information content (AvgIpc) is 2.95. The zero-order chi connectivity index (χ0) is 15.3. The fourth-order valence-electron chi connectivity index (χ4n) is 1.53. The lowest BCUT2D eigenvalue weighted by Crippen LogP contribution is -2.14. The number of sulfonamides is 1. The standard InChI is InChI=1S/C13H14N4O3S/c1-2-17-9-13(14-10-17)21(19,20)16-12-7-3-5-11(15-12)6-4-8-18/h3,5,7,9-10,18H,2,8H2,1H3,(H,15,16). The highest BCUT2D eigenvalue weighted by Crippen LogP contribution is 2.12. The van der Waals surface area contributed by atoms with Crippen molar-refractivity contribution in [1.29, 1.82) is 0 Å². The molecule has 0 radical (unpaired) electrons. The van der Waals surface area contributed by atoms with E-state index in [4.69, 9.17) is 5.11 Å². The van der Waals surface area contributed by atoms with Crippen LogP contribution in [0.4, 0.5) is 5.82 Å². The molecule has 0 unspecified atom stereocenters. The molecule has 110 valence electrons. The van der Waals surface area contributed by atoms with Crippen LogP contribution in [0.15, 0.2) is 35.7 Å². The Morgan fingerprint density at radius 3 is 2.90 bits per heavy atom. The predicted octanol–water partition coefficient (Wildman–Crippen LogP) is 0.443. The summed E-state index contributed by atoms with van der Waals surface area (Å²) < 4.78 is 28.3. The van der Waals surface area contributed by atoms with Crippen LogP contribution < -0.4 is 4.72 Å². The molecule has 0 fully saturated rings. The number of anilines is 1. The second-order valence-corrected chi connectivity index (χ2v) is 5.65. The van der Waals surface area contributed by atoms with Crippen molar-refractivity contribution in [3.63, 3.8) is 0 Å². The molecule has 0 spiro atoms. The second kappa shape index (κ2) is 6.39. The van der Waals surface area contributed by atoms with Crippen LogP contribution in [0.5, 0.6) is 0 Å². The number of aromatic nitrogens is 3. The van der Waals surface area contributed by atoms with Crippen LogP contribution in [0.2, 0.25) is 0 Å². The number of rotatable bonds is 4. The first-order chi connectivity index (χ1) is 10.0. The Morgan fingerprint density at radius 1 is 1.43 bits per heavy atom. The van der Waals surface area contributed by atoms with E-state index in [2.05, 4.69) is 26.5 Å². The summed E-state index contributed by atoms with van der Waals surface area (Å²) in [6.45, 7) is 2.23. The monoisotopic (exact) mass is 306 g/mol. The molecule has 0 aliphatic carbocycles. The quantitative estimate of drug-likeness (QED) is 0.799. The van der Waals surface area contributed by atoms with E-state index in [-0.39, 0.29) is 17.5 Å². The Labute approximate surface area is 122 Å². The van der Waals surface area contributed by atoms with E-state index in [0.717, 1.165) is 0 Å². The van der Waals surface area contributed by atoms with Gasteiger partial charge in [-0.25, -0.2) is 9.97 Å². The molecular formula is C13H14N4O3S. The van der Waals surface area contributed by atoms with Crippen molar-refractivity contribution in [1.82, 2.24) is 14.5 Å². The van der Waals surface area contributed by atoms with Gasteiger partial charge >= 0.3 is 0 Å². The van der Waals surface area contributed by atoms with Gasteiger partial charge in [0.05, 0.1) is 6.33 Å². The zero-order valence-electron chi connectivity index (χ0n) is 11.3. The van der Waals surface area contributed by atoms with Crippen molar-refractivity contribution in [3.8, 4) is 11.8 Å². The van der Waals surface area contributed by atoms with Gasteiger partial charge in [0.1, 0.15) is 18.1 Å². The number of nitrogens with one attached hydrogen (secondary N) is 1. The number of hydrogen-bond donors (Lipinski definition) is 2. The van der Waals surface area contributed by atoms with E-state index in [9.17, 15) is 8.42 Å². The number of pyridine rings is 1. The number of aliphatic hydroxyl groups is 1. The maximum atomic E-state index is 12.2. The van der Waals surface area contributed by atoms with Gasteiger partial charge in [0.15, 0.2) is 5.03 Å². The molecular weight excluding hydrogens is 292 g/mol. The van der Waals surface area contributed by atoms with Crippen molar-refractivity contribution in [3.05, 3.63) is 36.4 Å². The Kier molecular flexibility index (Phi) is 4.57. The van der Waals surface area contributed by atoms with E-state index in [1.54, 1.807) is 16.7 Å². The topological polar surface area (TPSA) is 97.1 Å². The fourth-order valence-corrected chi connectivity index (χ4v) is 2.49. The van der Waals surface area contributed by atoms with Crippen molar-refractivity contribution in [2.24, 2.45) is 0 Å². The van der Waals surface area contributed by atoms with E-state index < -0.39 is 10.0 Å². The number of imidazole rings is 1. The van der Waals surface area contributed by atoms with Crippen molar-refractivity contribution >= 4 is 15.8 Å². The van der Waals surface area contributed by atoms with Crippen molar-refractivity contribution in [2.75, 3.05) is 11.3 Å². The summed E-state index contributed by atoms with van der Waals surface area (Å²) in [4.78, 5) is 7.89. The predicted molar refractivity (Wildman–Crippen MR) is 76.9 cm³/mol. The normalized spacial score (nSPS) is 10.8. The first-order valence-electron chi connectivity index (χ1n) is 6.16. The lowest BCUT2D eigenvalue weighted by molar-refractivity contribution is 0.350. The molecule has 0 saturated carbocycles. The number of aliphatic hydroxyl groups excluding tert-OH is 1. The van der Waals surface area contributed by atoms with Crippen LogP contribution in [0.1, 0.15) is 12.6 Å². The van der Waals surface area contributed by atoms with Gasteiger partial charge < -0.3 is 9.67 Å². The maximum absolute atomic E-state index is 12.2. The molecule has 0 saturated heterocycles. The molecule has 2 aromatic heterocycles. The molecule has 0 bridgehead atoms. The molecule has 2 rings (SSSR count). The van der Waals surface area contributed by atoms with Crippen LogP contribution in [0.3, 0.4) is 0 Å². The van der Waals surface area contributed by atoms with Gasteiger partial charge in [0.2, 0.25) is 0 Å². The van der Waals surface area contributed by atoms with Gasteiger partial charge in [-0.3, -0.25) is 4.72 Å². The van der Waals surface area contributed by atoms with Crippen LogP contribution in [0, 0.1) is 11.8 Å². The number of aryl methyl sites for hydroxylation is 1. The molecule has 0 aromatic carbocycles. The number of hydrogen-bond acceptors (Lipinski definition) is 5. The van der Waals surface area contributed by atoms with Gasteiger partial charge in [0.25, 0.3) is 10.0 Å². The Hall–Kier alpha value is -2.37. The largest absolute Gasteiger partial charge is 0.384 e. The third-order valence-electron chi connectivity index (χ3n) is 2.53. The summed E-state index contributed by atoms with van der Waals surface area (Å²) in [6, 6.07) is 4.75. The van der Waals surface area contributed by atoms with Gasteiger partial charge in [-0.15, -0.1) is 0 Å². The summed E-state index contributed by atoms with van der Waals surface area (Å²) in [5, 5.41) is 8.56. The first-order valence-corrected chi connectivity index (χ1v) is 7.65. The Bertz CT molecular complexity index is 787. The van der Waals surface area contributed by atoms with E-state index in [1.807, 2.05) is 6.92 Å². The van der Waals surface area contributed by atoms with Gasteiger partial charge in [-0.1, -0.05) is 12.0 Å². The number of nitrogens with zero attached hydrogens (tertiary/aromatic N) is 3. The highest BCUT2D eigenvalue weighted by Gasteiger charge is 2.17. The molecule has 21 heavy (non-hydrogen) atoms. The Balaban J connectivity index is 2.24. The van der Waals surface area contributed by atoms with Crippen molar-refractivity contribution in [2.45, 2.75) is 18.5 Å². The molecule has 0 amide bonds. The van der Waals surface area contributed by atoms with Crippen LogP contribution in [-0.2, 0) is 16.6 Å². The van der Waals surface area contributed by atoms with Gasteiger partial charge in [0, 0.05) is 12.7 Å². The summed E-state index contributed by atoms with van der Waals surface area (Å²) in [5.41, 5.74) is 0.364. The molecule has 0 aliphatic rings. The van der Waals surface area contributed by atoms with Crippen LogP contribution in [-0.4, -0.2) is 34.7 Å². The van der Waals surface area contributed by atoms with E-state index in [1.165, 1.54) is 18.6 Å². The van der Waals surface area contributed by atoms with E-state index >= 15 is 0 Å². The average molecular weight is 306 g/mol.